The maximum Gasteiger partial charge on any atom is -0.00276 e. The van der Waals surface area contributed by atoms with Crippen LogP contribution in [0.5, 0.6) is 0 Å². The average Bonchev–Trinajstić information content (AvgIpc) is 2.58. The topological polar surface area (TPSA) is 0 Å². The van der Waals surface area contributed by atoms with Crippen molar-refractivity contribution in [2.45, 2.75) is 41.5 Å². The molecular weight excluding hydrogens is 216 g/mol. The van der Waals surface area contributed by atoms with E-state index in [2.05, 4.69) is 53.7 Å². The normalized spacial score (nSPS) is 13.9. The van der Waals surface area contributed by atoms with Gasteiger partial charge < -0.3 is 0 Å². The van der Waals surface area contributed by atoms with Crippen molar-refractivity contribution in [1.29, 1.82) is 0 Å². The Morgan fingerprint density at radius 3 is 1.39 bits per heavy atom. The van der Waals surface area contributed by atoms with Gasteiger partial charge in [-0.25, -0.2) is 0 Å². The molecule has 0 radical (unpaired) electrons. The fraction of sp³-hybridized carbons (Fsp3) is 0.333. The number of hydrogen-bond donors (Lipinski definition) is 0. The Morgan fingerprint density at radius 1 is 0.611 bits per heavy atom. The fourth-order valence-corrected chi connectivity index (χ4v) is 3.36. The maximum atomic E-state index is 2.34. The predicted octanol–water partition coefficient (Wildman–Crippen LogP) is 5.34. The van der Waals surface area contributed by atoms with Crippen molar-refractivity contribution in [3.63, 3.8) is 0 Å². The zero-order chi connectivity index (χ0) is 13.2. The van der Waals surface area contributed by atoms with Crippen LogP contribution in [0.3, 0.4) is 0 Å². The maximum absolute atomic E-state index is 2.34. The van der Waals surface area contributed by atoms with Gasteiger partial charge >= 0.3 is 0 Å². The minimum Gasteiger partial charge on any atom is -0.0511 e. The third-order valence-electron chi connectivity index (χ3n) is 4.78. The summed E-state index contributed by atoms with van der Waals surface area (Å²) in [7, 11) is 0. The number of benzene rings is 2. The summed E-state index contributed by atoms with van der Waals surface area (Å²) in [6.45, 7) is 13.5. The van der Waals surface area contributed by atoms with E-state index >= 15 is 0 Å². The Morgan fingerprint density at radius 2 is 1.00 bits per heavy atom. The highest BCUT2D eigenvalue weighted by molar-refractivity contribution is 6.15. The Bertz CT molecular complexity index is 669. The summed E-state index contributed by atoms with van der Waals surface area (Å²) < 4.78 is 0. The van der Waals surface area contributed by atoms with Crippen molar-refractivity contribution < 1.29 is 0 Å². The van der Waals surface area contributed by atoms with Crippen LogP contribution in [0.25, 0.3) is 21.9 Å². The second kappa shape index (κ2) is 3.47. The summed E-state index contributed by atoms with van der Waals surface area (Å²) in [5, 5.41) is 2.89. The van der Waals surface area contributed by atoms with Crippen LogP contribution in [0.2, 0.25) is 0 Å². The van der Waals surface area contributed by atoms with E-state index in [4.69, 9.17) is 0 Å². The van der Waals surface area contributed by atoms with Crippen molar-refractivity contribution in [1.82, 2.24) is 0 Å². The van der Waals surface area contributed by atoms with Gasteiger partial charge in [-0.15, -0.1) is 0 Å². The third-order valence-corrected chi connectivity index (χ3v) is 4.78. The molecule has 0 atom stereocenters. The first-order valence-electron chi connectivity index (χ1n) is 6.65. The number of allylic oxidation sites excluding steroid dienone is 2. The van der Waals surface area contributed by atoms with Crippen LogP contribution >= 0.6 is 0 Å². The first-order chi connectivity index (χ1) is 8.43. The van der Waals surface area contributed by atoms with Crippen LogP contribution in [0.15, 0.2) is 12.1 Å². The molecule has 1 aliphatic carbocycles. The predicted molar refractivity (Wildman–Crippen MR) is 81.1 cm³/mol. The zero-order valence-electron chi connectivity index (χ0n) is 12.2. The first-order valence-corrected chi connectivity index (χ1v) is 6.65. The summed E-state index contributed by atoms with van der Waals surface area (Å²) in [5.74, 6) is 0. The van der Waals surface area contributed by atoms with Gasteiger partial charge in [0.25, 0.3) is 0 Å². The van der Waals surface area contributed by atoms with Crippen molar-refractivity contribution in [2.24, 2.45) is 0 Å². The molecule has 1 aliphatic rings. The van der Waals surface area contributed by atoms with Gasteiger partial charge in [0, 0.05) is 0 Å². The van der Waals surface area contributed by atoms with Crippen molar-refractivity contribution in [3.8, 4) is 0 Å². The molecule has 18 heavy (non-hydrogen) atoms. The number of rotatable bonds is 0. The molecule has 0 saturated heterocycles. The minimum atomic E-state index is 1.40. The van der Waals surface area contributed by atoms with E-state index in [1.807, 2.05) is 0 Å². The average molecular weight is 236 g/mol. The Kier molecular flexibility index (Phi) is 2.22. The molecule has 0 bridgehead atoms. The molecule has 0 aromatic heterocycles. The van der Waals surface area contributed by atoms with E-state index < -0.39 is 0 Å². The summed E-state index contributed by atoms with van der Waals surface area (Å²) in [6.07, 6.45) is 0. The molecule has 0 amide bonds. The molecule has 2 aromatic carbocycles. The fourth-order valence-electron chi connectivity index (χ4n) is 3.36. The summed E-state index contributed by atoms with van der Waals surface area (Å²) in [6, 6.07) is 4.69. The quantitative estimate of drug-likeness (QED) is 0.579. The highest BCUT2D eigenvalue weighted by atomic mass is 14.3. The molecule has 0 heterocycles. The van der Waals surface area contributed by atoms with E-state index in [1.165, 1.54) is 55.3 Å². The summed E-state index contributed by atoms with van der Waals surface area (Å²) in [5.41, 5.74) is 11.6. The van der Waals surface area contributed by atoms with Crippen LogP contribution < -0.4 is 0 Å². The Labute approximate surface area is 109 Å². The van der Waals surface area contributed by atoms with Gasteiger partial charge in [0.2, 0.25) is 0 Å². The van der Waals surface area contributed by atoms with Crippen LogP contribution in [-0.4, -0.2) is 0 Å². The van der Waals surface area contributed by atoms with Crippen LogP contribution in [0.4, 0.5) is 0 Å². The molecule has 2 aromatic rings. The lowest BCUT2D eigenvalue weighted by Gasteiger charge is -2.13. The highest BCUT2D eigenvalue weighted by Crippen LogP contribution is 2.46. The van der Waals surface area contributed by atoms with Gasteiger partial charge in [-0.3, -0.25) is 0 Å². The van der Waals surface area contributed by atoms with E-state index in [0.717, 1.165) is 0 Å². The lowest BCUT2D eigenvalue weighted by atomic mass is 9.91. The number of aryl methyl sites for hydroxylation is 2. The van der Waals surface area contributed by atoms with Crippen molar-refractivity contribution in [2.75, 3.05) is 0 Å². The monoisotopic (exact) mass is 236 g/mol. The molecule has 0 heteroatoms. The Balaban J connectivity index is 2.65. The Hall–Kier alpha value is -1.56. The van der Waals surface area contributed by atoms with Crippen LogP contribution in [0.1, 0.15) is 47.2 Å². The van der Waals surface area contributed by atoms with E-state index in [0.29, 0.717) is 0 Å². The second-order valence-electron chi connectivity index (χ2n) is 5.74. The van der Waals surface area contributed by atoms with E-state index in [1.54, 1.807) is 0 Å². The molecular formula is C18H20. The van der Waals surface area contributed by atoms with Gasteiger partial charge in [-0.1, -0.05) is 12.1 Å². The van der Waals surface area contributed by atoms with Gasteiger partial charge in [-0.05, 0) is 96.8 Å². The van der Waals surface area contributed by atoms with Gasteiger partial charge in [-0.2, -0.15) is 0 Å². The van der Waals surface area contributed by atoms with Gasteiger partial charge in [0.15, 0.2) is 0 Å². The van der Waals surface area contributed by atoms with Crippen molar-refractivity contribution >= 4 is 21.9 Å². The van der Waals surface area contributed by atoms with E-state index in [9.17, 15) is 0 Å². The molecule has 3 rings (SSSR count). The summed E-state index contributed by atoms with van der Waals surface area (Å²) in [4.78, 5) is 0. The lowest BCUT2D eigenvalue weighted by Crippen LogP contribution is -1.93. The molecule has 0 fully saturated rings. The molecule has 92 valence electrons. The minimum absolute atomic E-state index is 1.40. The highest BCUT2D eigenvalue weighted by Gasteiger charge is 2.23. The standard InChI is InChI=1S/C18H20/c1-9-7-15-8-10(2)12(4)17-14(6)13(5)16(11(9)3)18(15)17/h7-8H,1-6H3. The molecule has 0 saturated carbocycles. The second-order valence-corrected chi connectivity index (χ2v) is 5.74. The smallest absolute Gasteiger partial charge is 0.00276 e. The van der Waals surface area contributed by atoms with Crippen molar-refractivity contribution in [3.05, 3.63) is 45.5 Å². The lowest BCUT2D eigenvalue weighted by molar-refractivity contribution is 1.32. The largest absolute Gasteiger partial charge is 0.0511 e. The molecule has 0 spiro atoms. The van der Waals surface area contributed by atoms with E-state index in [-0.39, 0.29) is 0 Å². The number of hydrogen-bond acceptors (Lipinski definition) is 0. The summed E-state index contributed by atoms with van der Waals surface area (Å²) >= 11 is 0. The third kappa shape index (κ3) is 1.21. The van der Waals surface area contributed by atoms with Crippen LogP contribution in [0, 0.1) is 27.7 Å². The van der Waals surface area contributed by atoms with Crippen LogP contribution in [-0.2, 0) is 0 Å². The first kappa shape index (κ1) is 11.5. The van der Waals surface area contributed by atoms with Gasteiger partial charge in [0.1, 0.15) is 0 Å². The molecule has 0 aliphatic heterocycles. The van der Waals surface area contributed by atoms with Gasteiger partial charge in [0.05, 0.1) is 0 Å². The SMILES string of the molecule is CC1=C(C)c2c(C)c(C)cc3cc(C)c(C)c1c23. The zero-order valence-corrected chi connectivity index (χ0v) is 12.2. The molecule has 0 N–H and O–H groups in total. The molecule has 0 nitrogen and oxygen atoms in total. The molecule has 0 unspecified atom stereocenters.